The summed E-state index contributed by atoms with van der Waals surface area (Å²) < 4.78 is 13.5. The van der Waals surface area contributed by atoms with Gasteiger partial charge < -0.3 is 20.1 Å². The molecule has 1 aliphatic rings. The second-order valence-electron chi connectivity index (χ2n) is 8.04. The molecule has 1 amide bonds. The highest BCUT2D eigenvalue weighted by molar-refractivity contribution is 7.98. The second kappa shape index (κ2) is 9.64. The Morgan fingerprint density at radius 2 is 1.97 bits per heavy atom. The molecule has 2 unspecified atom stereocenters. The fraction of sp³-hybridized carbons (Fsp3) is 0.455. The van der Waals surface area contributed by atoms with E-state index in [2.05, 4.69) is 39.5 Å². The Bertz CT molecular complexity index is 1100. The summed E-state index contributed by atoms with van der Waals surface area (Å²) in [7, 11) is 0. The van der Waals surface area contributed by atoms with Gasteiger partial charge in [-0.15, -0.1) is 0 Å². The molecule has 170 valence electrons. The molecule has 1 aliphatic heterocycles. The number of para-hydroxylation sites is 2. The molecule has 0 fully saturated rings. The highest BCUT2D eigenvalue weighted by Crippen LogP contribution is 2.33. The van der Waals surface area contributed by atoms with Gasteiger partial charge in [0.2, 0.25) is 6.10 Å². The van der Waals surface area contributed by atoms with Crippen LogP contribution in [0.4, 0.5) is 5.82 Å². The summed E-state index contributed by atoms with van der Waals surface area (Å²) >= 11 is 1.48. The number of thioether (sulfide) groups is 1. The maximum Gasteiger partial charge on any atom is 0.265 e. The van der Waals surface area contributed by atoms with Gasteiger partial charge in [0.15, 0.2) is 22.3 Å². The minimum atomic E-state index is -0.712. The molecular formula is C22H28N6O3S. The molecule has 0 saturated carbocycles. The molecule has 2 N–H and O–H groups in total. The first-order chi connectivity index (χ1) is 15.5. The predicted molar refractivity (Wildman–Crippen MR) is 124 cm³/mol. The largest absolute Gasteiger partial charge is 0.482 e. The first kappa shape index (κ1) is 22.2. The number of hydrogen-bond acceptors (Lipinski definition) is 8. The minimum Gasteiger partial charge on any atom is -0.482 e. The van der Waals surface area contributed by atoms with Gasteiger partial charge in [0, 0.05) is 13.1 Å². The van der Waals surface area contributed by atoms with E-state index in [-0.39, 0.29) is 12.0 Å². The van der Waals surface area contributed by atoms with Gasteiger partial charge in [0.25, 0.3) is 5.91 Å². The lowest BCUT2D eigenvalue weighted by atomic mass is 10.1. The lowest BCUT2D eigenvalue weighted by Crippen LogP contribution is -2.49. The SMILES string of the molecule is CSc1nc(NCC(C)C)c2cnn(CCNC(=O)C3Oc4ccccc4OC3C)c2n1. The zero-order chi connectivity index (χ0) is 22.7. The summed E-state index contributed by atoms with van der Waals surface area (Å²) in [4.78, 5) is 21.9. The van der Waals surface area contributed by atoms with Crippen LogP contribution in [0, 0.1) is 5.92 Å². The van der Waals surface area contributed by atoms with Crippen molar-refractivity contribution in [3.8, 4) is 11.5 Å². The zero-order valence-corrected chi connectivity index (χ0v) is 19.5. The Morgan fingerprint density at radius 3 is 2.69 bits per heavy atom. The van der Waals surface area contributed by atoms with Crippen molar-refractivity contribution in [2.45, 2.75) is 44.7 Å². The average molecular weight is 457 g/mol. The van der Waals surface area contributed by atoms with E-state index >= 15 is 0 Å². The molecule has 1 aromatic carbocycles. The normalized spacial score (nSPS) is 17.5. The first-order valence-electron chi connectivity index (χ1n) is 10.7. The van der Waals surface area contributed by atoms with Crippen LogP contribution in [0.5, 0.6) is 11.5 Å². The Kier molecular flexibility index (Phi) is 6.69. The number of nitrogens with zero attached hydrogens (tertiary/aromatic N) is 4. The number of amides is 1. The number of nitrogens with one attached hydrogen (secondary N) is 2. The van der Waals surface area contributed by atoms with E-state index < -0.39 is 6.10 Å². The standard InChI is InChI=1S/C22H28N6O3S/c1-13(2)11-24-19-15-12-25-28(20(15)27-22(26-19)32-4)10-9-23-21(29)18-14(3)30-16-7-5-6-8-17(16)31-18/h5-8,12-14,18H,9-11H2,1-4H3,(H,23,29)(H,24,26,27). The van der Waals surface area contributed by atoms with Gasteiger partial charge >= 0.3 is 0 Å². The molecular weight excluding hydrogens is 428 g/mol. The van der Waals surface area contributed by atoms with E-state index in [1.807, 2.05) is 31.4 Å². The Labute approximate surface area is 191 Å². The van der Waals surface area contributed by atoms with Crippen molar-refractivity contribution in [1.29, 1.82) is 0 Å². The number of rotatable bonds is 8. The van der Waals surface area contributed by atoms with Crippen LogP contribution in [0.25, 0.3) is 11.0 Å². The average Bonchev–Trinajstić information content (AvgIpc) is 3.19. The topological polar surface area (TPSA) is 103 Å². The predicted octanol–water partition coefficient (Wildman–Crippen LogP) is 2.96. The number of aromatic nitrogens is 4. The van der Waals surface area contributed by atoms with Crippen molar-refractivity contribution in [2.24, 2.45) is 5.92 Å². The van der Waals surface area contributed by atoms with E-state index in [4.69, 9.17) is 9.47 Å². The summed E-state index contributed by atoms with van der Waals surface area (Å²) in [5.41, 5.74) is 0.740. The van der Waals surface area contributed by atoms with Crippen molar-refractivity contribution >= 4 is 34.5 Å². The van der Waals surface area contributed by atoms with Crippen molar-refractivity contribution in [1.82, 2.24) is 25.1 Å². The van der Waals surface area contributed by atoms with Gasteiger partial charge in [-0.1, -0.05) is 37.7 Å². The number of anilines is 1. The summed E-state index contributed by atoms with van der Waals surface area (Å²) in [5.74, 6) is 2.28. The zero-order valence-electron chi connectivity index (χ0n) is 18.7. The molecule has 4 rings (SSSR count). The summed E-state index contributed by atoms with van der Waals surface area (Å²) in [6.45, 7) is 7.79. The van der Waals surface area contributed by atoms with E-state index in [0.717, 1.165) is 23.4 Å². The van der Waals surface area contributed by atoms with Crippen LogP contribution < -0.4 is 20.1 Å². The third-order valence-corrected chi connectivity index (χ3v) is 5.61. The molecule has 32 heavy (non-hydrogen) atoms. The fourth-order valence-corrected chi connectivity index (χ4v) is 3.78. The molecule has 3 heterocycles. The van der Waals surface area contributed by atoms with Gasteiger partial charge in [-0.2, -0.15) is 5.10 Å². The van der Waals surface area contributed by atoms with Gasteiger partial charge in [-0.25, -0.2) is 14.6 Å². The molecule has 0 radical (unpaired) electrons. The Balaban J connectivity index is 1.42. The quantitative estimate of drug-likeness (QED) is 0.394. The lowest BCUT2D eigenvalue weighted by molar-refractivity contribution is -0.133. The van der Waals surface area contributed by atoms with Crippen LogP contribution >= 0.6 is 11.8 Å². The van der Waals surface area contributed by atoms with Crippen molar-refractivity contribution in [3.05, 3.63) is 30.5 Å². The van der Waals surface area contributed by atoms with Crippen LogP contribution in [0.15, 0.2) is 35.6 Å². The number of fused-ring (bicyclic) bond motifs is 2. The molecule has 0 aliphatic carbocycles. The number of hydrogen-bond donors (Lipinski definition) is 2. The second-order valence-corrected chi connectivity index (χ2v) is 8.81. The highest BCUT2D eigenvalue weighted by atomic mass is 32.2. The number of ether oxygens (including phenoxy) is 2. The number of benzene rings is 1. The molecule has 3 aromatic rings. The van der Waals surface area contributed by atoms with Gasteiger partial charge in [-0.05, 0) is 31.2 Å². The smallest absolute Gasteiger partial charge is 0.265 e. The molecule has 9 nitrogen and oxygen atoms in total. The molecule has 10 heteroatoms. The minimum absolute atomic E-state index is 0.220. The third-order valence-electron chi connectivity index (χ3n) is 5.06. The van der Waals surface area contributed by atoms with Crippen molar-refractivity contribution in [2.75, 3.05) is 24.7 Å². The van der Waals surface area contributed by atoms with Gasteiger partial charge in [0.1, 0.15) is 11.9 Å². The molecule has 0 saturated heterocycles. The van der Waals surface area contributed by atoms with Gasteiger partial charge in [-0.3, -0.25) is 4.79 Å². The third kappa shape index (κ3) is 4.74. The van der Waals surface area contributed by atoms with Crippen molar-refractivity contribution in [3.63, 3.8) is 0 Å². The summed E-state index contributed by atoms with van der Waals surface area (Å²) in [5, 5.41) is 12.3. The first-order valence-corrected chi connectivity index (χ1v) is 11.9. The van der Waals surface area contributed by atoms with Crippen LogP contribution in [0.1, 0.15) is 20.8 Å². The maximum atomic E-state index is 12.7. The maximum absolute atomic E-state index is 12.7. The highest BCUT2D eigenvalue weighted by Gasteiger charge is 2.33. The van der Waals surface area contributed by atoms with E-state index in [0.29, 0.717) is 35.7 Å². The Hall–Kier alpha value is -3.01. The fourth-order valence-electron chi connectivity index (χ4n) is 3.42. The molecule has 2 aromatic heterocycles. The van der Waals surface area contributed by atoms with E-state index in [9.17, 15) is 4.79 Å². The summed E-state index contributed by atoms with van der Waals surface area (Å²) in [6.07, 6.45) is 2.61. The van der Waals surface area contributed by atoms with E-state index in [1.165, 1.54) is 11.8 Å². The molecule has 0 bridgehead atoms. The monoisotopic (exact) mass is 456 g/mol. The summed E-state index contributed by atoms with van der Waals surface area (Å²) in [6, 6.07) is 7.35. The lowest BCUT2D eigenvalue weighted by Gasteiger charge is -2.31. The molecule has 0 spiro atoms. The van der Waals surface area contributed by atoms with Crippen LogP contribution in [-0.4, -0.2) is 57.2 Å². The Morgan fingerprint density at radius 1 is 1.22 bits per heavy atom. The molecule has 2 atom stereocenters. The van der Waals surface area contributed by atoms with Gasteiger partial charge in [0.05, 0.1) is 18.1 Å². The van der Waals surface area contributed by atoms with Crippen LogP contribution in [-0.2, 0) is 11.3 Å². The van der Waals surface area contributed by atoms with Crippen molar-refractivity contribution < 1.29 is 14.3 Å². The number of carbonyl (C=O) groups excluding carboxylic acids is 1. The number of carbonyl (C=O) groups is 1. The van der Waals surface area contributed by atoms with Crippen LogP contribution in [0.2, 0.25) is 0 Å². The van der Waals surface area contributed by atoms with E-state index in [1.54, 1.807) is 16.9 Å². The van der Waals surface area contributed by atoms with Crippen LogP contribution in [0.3, 0.4) is 0 Å².